The molecule has 0 aromatic carbocycles. The van der Waals surface area contributed by atoms with Crippen LogP contribution >= 0.6 is 0 Å². The maximum atomic E-state index is 12.5. The number of unbranched alkanes of at least 4 members (excludes halogenated alkanes) is 44. The summed E-state index contributed by atoms with van der Waals surface area (Å²) in [6, 6.07) is -0.634. The predicted molar refractivity (Wildman–Crippen MR) is 296 cm³/mol. The second-order valence-electron chi connectivity index (χ2n) is 21.0. The van der Waals surface area contributed by atoms with E-state index >= 15 is 0 Å². The van der Waals surface area contributed by atoms with E-state index in [0.29, 0.717) is 19.4 Å². The number of allylic oxidation sites excluding steroid dienone is 3. The largest absolute Gasteiger partial charge is 0.466 e. The molecule has 0 radical (unpaired) electrons. The number of aliphatic hydroxyl groups is 2. The van der Waals surface area contributed by atoms with Crippen molar-refractivity contribution >= 4 is 11.9 Å². The molecule has 0 spiro atoms. The van der Waals surface area contributed by atoms with Crippen molar-refractivity contribution in [2.24, 2.45) is 0 Å². The molecule has 6 nitrogen and oxygen atoms in total. The van der Waals surface area contributed by atoms with Gasteiger partial charge >= 0.3 is 5.97 Å². The summed E-state index contributed by atoms with van der Waals surface area (Å²) in [5.41, 5.74) is 0. The molecule has 3 N–H and O–H groups in total. The van der Waals surface area contributed by atoms with Crippen LogP contribution < -0.4 is 5.32 Å². The molecule has 0 aliphatic carbocycles. The Hall–Kier alpha value is -1.66. The SMILES string of the molecule is CCCCCCCCC/C=C\CCCCCCCC(=O)OCCCCCCCCCCCCCCCCCCC(=O)NC(CO)C(O)/C=C/CCCCCCCCCCCCCCCCCCC. The van der Waals surface area contributed by atoms with Crippen molar-refractivity contribution in [3.05, 3.63) is 24.3 Å². The van der Waals surface area contributed by atoms with Crippen LogP contribution in [-0.2, 0) is 14.3 Å². The lowest BCUT2D eigenvalue weighted by Gasteiger charge is -2.20. The van der Waals surface area contributed by atoms with Crippen molar-refractivity contribution in [2.45, 2.75) is 347 Å². The third kappa shape index (κ3) is 53.7. The number of carbonyl (C=O) groups excluding carboxylic acids is 2. The van der Waals surface area contributed by atoms with Gasteiger partial charge in [-0.3, -0.25) is 9.59 Å². The van der Waals surface area contributed by atoms with Gasteiger partial charge in [0.25, 0.3) is 0 Å². The third-order valence-electron chi connectivity index (χ3n) is 14.2. The van der Waals surface area contributed by atoms with E-state index in [9.17, 15) is 19.8 Å². The van der Waals surface area contributed by atoms with Gasteiger partial charge in [0.15, 0.2) is 0 Å². The molecule has 0 heterocycles. The van der Waals surface area contributed by atoms with Crippen LogP contribution in [0.5, 0.6) is 0 Å². The molecule has 0 aliphatic heterocycles. The van der Waals surface area contributed by atoms with Crippen molar-refractivity contribution in [1.82, 2.24) is 5.32 Å². The lowest BCUT2D eigenvalue weighted by Crippen LogP contribution is -2.45. The number of aliphatic hydroxyl groups excluding tert-OH is 2. The van der Waals surface area contributed by atoms with E-state index in [1.165, 1.54) is 263 Å². The van der Waals surface area contributed by atoms with Gasteiger partial charge < -0.3 is 20.3 Å². The van der Waals surface area contributed by atoms with Gasteiger partial charge in [-0.2, -0.15) is 0 Å². The van der Waals surface area contributed by atoms with Crippen LogP contribution in [0.15, 0.2) is 24.3 Å². The Labute approximate surface area is 424 Å². The van der Waals surface area contributed by atoms with Crippen molar-refractivity contribution in [1.29, 1.82) is 0 Å². The topological polar surface area (TPSA) is 95.9 Å². The fourth-order valence-electron chi connectivity index (χ4n) is 9.51. The quantitative estimate of drug-likeness (QED) is 0.0321. The molecule has 0 aromatic heterocycles. The van der Waals surface area contributed by atoms with Crippen LogP contribution in [0.3, 0.4) is 0 Å². The molecule has 0 saturated carbocycles. The Morgan fingerprint density at radius 2 is 0.691 bits per heavy atom. The zero-order chi connectivity index (χ0) is 49.3. The number of hydrogen-bond donors (Lipinski definition) is 3. The third-order valence-corrected chi connectivity index (χ3v) is 14.2. The first-order valence-electron chi connectivity index (χ1n) is 30.6. The van der Waals surface area contributed by atoms with Crippen LogP contribution in [0.25, 0.3) is 0 Å². The number of amides is 1. The van der Waals surface area contributed by atoms with Crippen molar-refractivity contribution in [2.75, 3.05) is 13.2 Å². The summed E-state index contributed by atoms with van der Waals surface area (Å²) >= 11 is 0. The van der Waals surface area contributed by atoms with E-state index in [4.69, 9.17) is 4.74 Å². The number of ether oxygens (including phenoxy) is 1. The number of esters is 1. The Balaban J connectivity index is 3.45. The minimum absolute atomic E-state index is 0.00468. The van der Waals surface area contributed by atoms with Crippen LogP contribution in [-0.4, -0.2) is 47.4 Å². The van der Waals surface area contributed by atoms with Crippen LogP contribution in [0, 0.1) is 0 Å². The first-order valence-corrected chi connectivity index (χ1v) is 30.6. The first-order chi connectivity index (χ1) is 33.5. The van der Waals surface area contributed by atoms with Crippen molar-refractivity contribution < 1.29 is 24.5 Å². The predicted octanol–water partition coefficient (Wildman–Crippen LogP) is 19.0. The molecule has 0 saturated heterocycles. The molecule has 2 atom stereocenters. The molecule has 402 valence electrons. The Morgan fingerprint density at radius 1 is 0.397 bits per heavy atom. The molecule has 0 bridgehead atoms. The second-order valence-corrected chi connectivity index (χ2v) is 21.0. The van der Waals surface area contributed by atoms with E-state index in [0.717, 1.165) is 44.9 Å². The van der Waals surface area contributed by atoms with Gasteiger partial charge in [-0.25, -0.2) is 0 Å². The van der Waals surface area contributed by atoms with Gasteiger partial charge in [0.05, 0.1) is 25.4 Å². The van der Waals surface area contributed by atoms with Crippen LogP contribution in [0.2, 0.25) is 0 Å². The van der Waals surface area contributed by atoms with Gasteiger partial charge in [0.2, 0.25) is 5.91 Å². The van der Waals surface area contributed by atoms with Crippen LogP contribution in [0.1, 0.15) is 335 Å². The number of carbonyl (C=O) groups is 2. The van der Waals surface area contributed by atoms with Crippen molar-refractivity contribution in [3.8, 4) is 0 Å². The Morgan fingerprint density at radius 3 is 1.04 bits per heavy atom. The number of hydrogen-bond acceptors (Lipinski definition) is 5. The van der Waals surface area contributed by atoms with E-state index in [1.54, 1.807) is 6.08 Å². The maximum Gasteiger partial charge on any atom is 0.305 e. The summed E-state index contributed by atoms with van der Waals surface area (Å²) in [5, 5.41) is 23.2. The second kappa shape index (κ2) is 57.9. The average molecular weight is 959 g/mol. The van der Waals surface area contributed by atoms with Gasteiger partial charge in [0.1, 0.15) is 0 Å². The normalized spacial score (nSPS) is 12.7. The molecule has 0 fully saturated rings. The summed E-state index contributed by atoms with van der Waals surface area (Å²) in [4.78, 5) is 24.6. The molecule has 0 aliphatic rings. The smallest absolute Gasteiger partial charge is 0.305 e. The fourth-order valence-corrected chi connectivity index (χ4v) is 9.51. The molecular formula is C62H119NO5. The summed E-state index contributed by atoms with van der Waals surface area (Å²) in [7, 11) is 0. The van der Waals surface area contributed by atoms with Gasteiger partial charge in [-0.1, -0.05) is 289 Å². The lowest BCUT2D eigenvalue weighted by atomic mass is 10.0. The zero-order valence-electron chi connectivity index (χ0n) is 45.9. The van der Waals surface area contributed by atoms with Gasteiger partial charge in [-0.05, 0) is 57.8 Å². The molecule has 0 rings (SSSR count). The monoisotopic (exact) mass is 958 g/mol. The average Bonchev–Trinajstić information content (AvgIpc) is 3.34. The summed E-state index contributed by atoms with van der Waals surface area (Å²) in [5.74, 6) is -0.0770. The highest BCUT2D eigenvalue weighted by atomic mass is 16.5. The van der Waals surface area contributed by atoms with Gasteiger partial charge in [-0.15, -0.1) is 0 Å². The molecule has 2 unspecified atom stereocenters. The standard InChI is InChI=1S/C62H119NO5/c1-3-5-7-9-11-13-15-17-19-21-22-23-26-30-34-38-42-46-50-54-60(65)59(58-64)63-61(66)55-51-47-43-39-35-31-27-24-25-29-33-37-41-45-49-53-57-68-62(67)56-52-48-44-40-36-32-28-20-18-16-14-12-10-8-6-4-2/h20,28,50,54,59-60,64-65H,3-19,21-27,29-49,51-53,55-58H2,1-2H3,(H,63,66)/b28-20-,54-50+. The number of rotatable bonds is 57. The van der Waals surface area contributed by atoms with Crippen LogP contribution in [0.4, 0.5) is 0 Å². The molecular weight excluding hydrogens is 839 g/mol. The minimum atomic E-state index is -0.850. The highest BCUT2D eigenvalue weighted by molar-refractivity contribution is 5.76. The summed E-state index contributed by atoms with van der Waals surface area (Å²) in [6.07, 6.45) is 70.6. The summed E-state index contributed by atoms with van der Waals surface area (Å²) < 4.78 is 5.48. The van der Waals surface area contributed by atoms with Gasteiger partial charge in [0, 0.05) is 12.8 Å². The van der Waals surface area contributed by atoms with E-state index in [1.807, 2.05) is 6.08 Å². The van der Waals surface area contributed by atoms with Crippen molar-refractivity contribution in [3.63, 3.8) is 0 Å². The lowest BCUT2D eigenvalue weighted by molar-refractivity contribution is -0.143. The van der Waals surface area contributed by atoms with E-state index in [2.05, 4.69) is 31.3 Å². The Bertz CT molecular complexity index is 1060. The Kier molecular flexibility index (Phi) is 56.5. The molecule has 1 amide bonds. The molecule has 6 heteroatoms. The maximum absolute atomic E-state index is 12.5. The first kappa shape index (κ1) is 66.3. The van der Waals surface area contributed by atoms with E-state index in [-0.39, 0.29) is 18.5 Å². The van der Waals surface area contributed by atoms with E-state index < -0.39 is 12.1 Å². The molecule has 68 heavy (non-hydrogen) atoms. The number of nitrogens with one attached hydrogen (secondary N) is 1. The zero-order valence-corrected chi connectivity index (χ0v) is 45.9. The fraction of sp³-hybridized carbons (Fsp3) is 0.903. The highest BCUT2D eigenvalue weighted by Gasteiger charge is 2.18. The highest BCUT2D eigenvalue weighted by Crippen LogP contribution is 2.17. The molecule has 0 aromatic rings. The minimum Gasteiger partial charge on any atom is -0.466 e. The summed E-state index contributed by atoms with van der Waals surface area (Å²) in [6.45, 7) is 4.91.